The Morgan fingerprint density at radius 1 is 1.16 bits per heavy atom. The van der Waals surface area contributed by atoms with Crippen LogP contribution in [-0.2, 0) is 0 Å². The third kappa shape index (κ3) is 3.16. The summed E-state index contributed by atoms with van der Waals surface area (Å²) in [7, 11) is 1.83. The molecule has 0 radical (unpaired) electrons. The molecule has 0 saturated heterocycles. The molecule has 0 unspecified atom stereocenters. The van der Waals surface area contributed by atoms with Gasteiger partial charge < -0.3 is 4.90 Å². The number of fused-ring (bicyclic) bond motifs is 1. The number of hydrogen-bond acceptors (Lipinski definition) is 4. The van der Waals surface area contributed by atoms with Crippen LogP contribution >= 0.6 is 11.3 Å². The first-order chi connectivity index (χ1) is 11.8. The van der Waals surface area contributed by atoms with Crippen molar-refractivity contribution >= 4 is 33.1 Å². The van der Waals surface area contributed by atoms with E-state index in [0.717, 1.165) is 37.9 Å². The molecule has 0 bridgehead atoms. The maximum Gasteiger partial charge on any atom is 0.268 e. The van der Waals surface area contributed by atoms with E-state index in [1.807, 2.05) is 40.0 Å². The summed E-state index contributed by atoms with van der Waals surface area (Å²) in [5, 5.41) is 1.00. The lowest BCUT2D eigenvalue weighted by Gasteiger charge is -2.18. The average molecular weight is 353 g/mol. The Hall–Kier alpha value is -2.27. The number of aromatic nitrogens is 2. The molecule has 5 heteroatoms. The highest BCUT2D eigenvalue weighted by Gasteiger charge is 2.22. The van der Waals surface area contributed by atoms with Crippen LogP contribution in [0.2, 0.25) is 0 Å². The van der Waals surface area contributed by atoms with Gasteiger partial charge >= 0.3 is 0 Å². The molecule has 3 rings (SSSR count). The molecule has 130 valence electrons. The second-order valence-corrected chi connectivity index (χ2v) is 7.71. The first-order valence-corrected chi connectivity index (χ1v) is 9.23. The molecule has 0 saturated carbocycles. The molecule has 0 aliphatic carbocycles. The van der Waals surface area contributed by atoms with Gasteiger partial charge in [0.25, 0.3) is 5.91 Å². The normalized spacial score (nSPS) is 11.3. The number of nitrogens with zero attached hydrogens (tertiary/aromatic N) is 3. The summed E-state index contributed by atoms with van der Waals surface area (Å²) in [6.07, 6.45) is 0. The number of amides is 1. The van der Waals surface area contributed by atoms with Gasteiger partial charge in [-0.1, -0.05) is 26.0 Å². The van der Waals surface area contributed by atoms with Crippen molar-refractivity contribution in [3.63, 3.8) is 0 Å². The van der Waals surface area contributed by atoms with Crippen molar-refractivity contribution in [3.05, 3.63) is 51.8 Å². The molecule has 0 fully saturated rings. The summed E-state index contributed by atoms with van der Waals surface area (Å²) in [4.78, 5) is 25.4. The number of hydrogen-bond donors (Lipinski definition) is 0. The SMILES string of the molecule is Cc1nc(C)c2c(C)c(C(=O)N(C)c3cccc(C(C)C)c3)sc2n1. The third-order valence-corrected chi connectivity index (χ3v) is 5.68. The van der Waals surface area contributed by atoms with Crippen molar-refractivity contribution in [2.24, 2.45) is 0 Å². The molecular weight excluding hydrogens is 330 g/mol. The zero-order valence-corrected chi connectivity index (χ0v) is 16.4. The van der Waals surface area contributed by atoms with Gasteiger partial charge in [-0.3, -0.25) is 4.79 Å². The fraction of sp³-hybridized carbons (Fsp3) is 0.350. The molecule has 0 atom stereocenters. The number of carbonyl (C=O) groups is 1. The van der Waals surface area contributed by atoms with Crippen LogP contribution in [-0.4, -0.2) is 22.9 Å². The highest BCUT2D eigenvalue weighted by molar-refractivity contribution is 7.20. The van der Waals surface area contributed by atoms with Crippen LogP contribution in [0.25, 0.3) is 10.2 Å². The Labute approximate surface area is 152 Å². The Morgan fingerprint density at radius 3 is 2.56 bits per heavy atom. The van der Waals surface area contributed by atoms with Gasteiger partial charge in [-0.25, -0.2) is 9.97 Å². The van der Waals surface area contributed by atoms with E-state index in [1.165, 1.54) is 16.9 Å². The second kappa shape index (κ2) is 6.56. The van der Waals surface area contributed by atoms with Crippen molar-refractivity contribution in [3.8, 4) is 0 Å². The lowest BCUT2D eigenvalue weighted by atomic mass is 10.0. The Balaban J connectivity index is 2.03. The van der Waals surface area contributed by atoms with Crippen LogP contribution in [0.4, 0.5) is 5.69 Å². The number of aryl methyl sites for hydroxylation is 3. The van der Waals surface area contributed by atoms with Gasteiger partial charge in [0.1, 0.15) is 10.7 Å². The molecule has 2 heterocycles. The van der Waals surface area contributed by atoms with E-state index < -0.39 is 0 Å². The number of thiophene rings is 1. The maximum atomic E-state index is 13.1. The van der Waals surface area contributed by atoms with Gasteiger partial charge in [-0.05, 0) is 49.9 Å². The van der Waals surface area contributed by atoms with Gasteiger partial charge in [-0.2, -0.15) is 0 Å². The third-order valence-electron chi connectivity index (χ3n) is 4.51. The van der Waals surface area contributed by atoms with E-state index in [0.29, 0.717) is 5.92 Å². The van der Waals surface area contributed by atoms with Crippen LogP contribution in [0.5, 0.6) is 0 Å². The molecule has 0 aliphatic heterocycles. The Kier molecular flexibility index (Phi) is 4.60. The van der Waals surface area contributed by atoms with Crippen LogP contribution in [0.3, 0.4) is 0 Å². The Morgan fingerprint density at radius 2 is 1.88 bits per heavy atom. The molecule has 1 amide bonds. The Bertz CT molecular complexity index is 959. The van der Waals surface area contributed by atoms with Gasteiger partial charge in [0, 0.05) is 23.8 Å². The highest BCUT2D eigenvalue weighted by atomic mass is 32.1. The zero-order chi connectivity index (χ0) is 18.3. The number of benzene rings is 1. The van der Waals surface area contributed by atoms with Gasteiger partial charge in [0.05, 0.1) is 4.88 Å². The number of anilines is 1. The fourth-order valence-corrected chi connectivity index (χ4v) is 4.29. The number of rotatable bonds is 3. The van der Waals surface area contributed by atoms with Crippen molar-refractivity contribution in [2.45, 2.75) is 40.5 Å². The average Bonchev–Trinajstić information content (AvgIpc) is 2.90. The molecule has 25 heavy (non-hydrogen) atoms. The maximum absolute atomic E-state index is 13.1. The molecule has 0 aliphatic rings. The monoisotopic (exact) mass is 353 g/mol. The van der Waals surface area contributed by atoms with Gasteiger partial charge in [-0.15, -0.1) is 11.3 Å². The molecule has 4 nitrogen and oxygen atoms in total. The predicted octanol–water partition coefficient (Wildman–Crippen LogP) is 5.02. The van der Waals surface area contributed by atoms with Crippen LogP contribution in [0, 0.1) is 20.8 Å². The molecule has 1 aromatic carbocycles. The van der Waals surface area contributed by atoms with Crippen molar-refractivity contribution < 1.29 is 4.79 Å². The minimum absolute atomic E-state index is 0.00143. The highest BCUT2D eigenvalue weighted by Crippen LogP contribution is 2.33. The fourth-order valence-electron chi connectivity index (χ4n) is 3.04. The number of carbonyl (C=O) groups excluding carboxylic acids is 1. The molecule has 2 aromatic heterocycles. The van der Waals surface area contributed by atoms with E-state index in [1.54, 1.807) is 4.90 Å². The first-order valence-electron chi connectivity index (χ1n) is 8.42. The van der Waals surface area contributed by atoms with Crippen molar-refractivity contribution in [1.82, 2.24) is 9.97 Å². The predicted molar refractivity (Wildman–Crippen MR) is 105 cm³/mol. The topological polar surface area (TPSA) is 46.1 Å². The quantitative estimate of drug-likeness (QED) is 0.664. The van der Waals surface area contributed by atoms with Gasteiger partial charge in [0.2, 0.25) is 0 Å². The van der Waals surface area contributed by atoms with E-state index in [-0.39, 0.29) is 5.91 Å². The smallest absolute Gasteiger partial charge is 0.268 e. The largest absolute Gasteiger partial charge is 0.311 e. The lowest BCUT2D eigenvalue weighted by molar-refractivity contribution is 0.0996. The lowest BCUT2D eigenvalue weighted by Crippen LogP contribution is -2.26. The van der Waals surface area contributed by atoms with Crippen molar-refractivity contribution in [1.29, 1.82) is 0 Å². The van der Waals surface area contributed by atoms with Gasteiger partial charge in [0.15, 0.2) is 0 Å². The molecule has 0 spiro atoms. The second-order valence-electron chi connectivity index (χ2n) is 6.71. The standard InChI is InChI=1S/C20H23N3OS/c1-11(2)15-8-7-9-16(10-15)23(6)20(24)18-12(3)17-13(4)21-14(5)22-19(17)25-18/h7-11H,1-6H3. The van der Waals surface area contributed by atoms with Crippen LogP contribution in [0.15, 0.2) is 24.3 Å². The van der Waals surface area contributed by atoms with E-state index >= 15 is 0 Å². The summed E-state index contributed by atoms with van der Waals surface area (Å²) in [5.74, 6) is 1.16. The van der Waals surface area contributed by atoms with Crippen LogP contribution in [0.1, 0.15) is 52.1 Å². The molecule has 0 N–H and O–H groups in total. The molecule has 3 aromatic rings. The van der Waals surface area contributed by atoms with E-state index in [9.17, 15) is 4.79 Å². The summed E-state index contributed by atoms with van der Waals surface area (Å²) in [6.45, 7) is 10.1. The van der Waals surface area contributed by atoms with Crippen LogP contribution < -0.4 is 4.90 Å². The zero-order valence-electron chi connectivity index (χ0n) is 15.5. The summed E-state index contributed by atoms with van der Waals surface area (Å²) >= 11 is 1.45. The van der Waals surface area contributed by atoms with Crippen molar-refractivity contribution in [2.75, 3.05) is 11.9 Å². The summed E-state index contributed by atoms with van der Waals surface area (Å²) < 4.78 is 0. The van der Waals surface area contributed by atoms with E-state index in [4.69, 9.17) is 0 Å². The molecular formula is C20H23N3OS. The van der Waals surface area contributed by atoms with E-state index in [2.05, 4.69) is 35.9 Å². The summed E-state index contributed by atoms with van der Waals surface area (Å²) in [5.41, 5.74) is 4.03. The minimum atomic E-state index is -0.00143. The summed E-state index contributed by atoms with van der Waals surface area (Å²) in [6, 6.07) is 8.16. The minimum Gasteiger partial charge on any atom is -0.311 e. The first kappa shape index (κ1) is 17.5.